The molecule has 0 bridgehead atoms. The Kier molecular flexibility index (Phi) is 2.31. The van der Waals surface area contributed by atoms with Crippen LogP contribution >= 0.6 is 0 Å². The topological polar surface area (TPSA) is 0 Å². The Morgan fingerprint density at radius 1 is 1.27 bits per heavy atom. The minimum Gasteiger partial charge on any atom is -0.207 e. The molecule has 0 nitrogen and oxygen atoms in total. The van der Waals surface area contributed by atoms with Gasteiger partial charge in [0.05, 0.1) is 0 Å². The Balaban J connectivity index is 2.97. The van der Waals surface area contributed by atoms with Gasteiger partial charge < -0.3 is 0 Å². The lowest BCUT2D eigenvalue weighted by Crippen LogP contribution is -1.75. The van der Waals surface area contributed by atoms with Gasteiger partial charge in [0.15, 0.2) is 0 Å². The van der Waals surface area contributed by atoms with Crippen molar-refractivity contribution in [2.24, 2.45) is 0 Å². The maximum atomic E-state index is 12.3. The molecule has 0 fully saturated rings. The van der Waals surface area contributed by atoms with Gasteiger partial charge in [0.25, 0.3) is 6.08 Å². The van der Waals surface area contributed by atoms with Crippen molar-refractivity contribution in [2.75, 3.05) is 0 Å². The molecule has 0 aromatic heterocycles. The van der Waals surface area contributed by atoms with Gasteiger partial charge in [-0.2, -0.15) is 8.78 Å². The summed E-state index contributed by atoms with van der Waals surface area (Å²) >= 11 is 0. The van der Waals surface area contributed by atoms with Crippen molar-refractivity contribution in [3.63, 3.8) is 0 Å². The second-order valence-electron chi connectivity index (χ2n) is 1.99. The predicted octanol–water partition coefficient (Wildman–Crippen LogP) is 3.06. The summed E-state index contributed by atoms with van der Waals surface area (Å²) in [5.41, 5.74) is 0.171. The summed E-state index contributed by atoms with van der Waals surface area (Å²) in [4.78, 5) is 0. The van der Waals surface area contributed by atoms with Crippen molar-refractivity contribution in [3.05, 3.63) is 41.7 Å². The average Bonchev–Trinajstić information content (AvgIpc) is 1.85. The van der Waals surface area contributed by atoms with Crippen molar-refractivity contribution in [3.8, 4) is 0 Å². The molecule has 1 aromatic carbocycles. The third-order valence-electron chi connectivity index (χ3n) is 1.12. The number of hydrogen-bond donors (Lipinski definition) is 0. The van der Waals surface area contributed by atoms with E-state index in [9.17, 15) is 13.2 Å². The van der Waals surface area contributed by atoms with E-state index >= 15 is 0 Å². The third-order valence-corrected chi connectivity index (χ3v) is 1.12. The first-order valence-electron chi connectivity index (χ1n) is 2.97. The average molecular weight is 158 g/mol. The van der Waals surface area contributed by atoms with Crippen molar-refractivity contribution in [2.45, 2.75) is 0 Å². The fourth-order valence-corrected chi connectivity index (χ4v) is 0.722. The highest BCUT2D eigenvalue weighted by molar-refractivity contribution is 5.49. The zero-order chi connectivity index (χ0) is 8.27. The monoisotopic (exact) mass is 158 g/mol. The van der Waals surface area contributed by atoms with Crippen LogP contribution in [0.3, 0.4) is 0 Å². The van der Waals surface area contributed by atoms with Crippen molar-refractivity contribution in [1.29, 1.82) is 0 Å². The lowest BCUT2D eigenvalue weighted by Gasteiger charge is -1.90. The molecule has 0 spiro atoms. The number of hydrogen-bond acceptors (Lipinski definition) is 0. The van der Waals surface area contributed by atoms with Crippen LogP contribution in [0.5, 0.6) is 0 Å². The van der Waals surface area contributed by atoms with Crippen LogP contribution < -0.4 is 0 Å². The molecule has 0 atom stereocenters. The van der Waals surface area contributed by atoms with Gasteiger partial charge >= 0.3 is 0 Å². The molecular weight excluding hydrogens is 153 g/mol. The molecule has 0 heterocycles. The van der Waals surface area contributed by atoms with E-state index in [4.69, 9.17) is 0 Å². The molecule has 58 valence electrons. The summed E-state index contributed by atoms with van der Waals surface area (Å²) in [5.74, 6) is -0.514. The quantitative estimate of drug-likeness (QED) is 0.589. The molecule has 0 saturated carbocycles. The third kappa shape index (κ3) is 2.45. The molecule has 0 unspecified atom stereocenters. The molecule has 3 heteroatoms. The Hall–Kier alpha value is -1.25. The summed E-state index contributed by atoms with van der Waals surface area (Å²) in [5, 5.41) is 0. The van der Waals surface area contributed by atoms with Gasteiger partial charge in [-0.25, -0.2) is 4.39 Å². The molecule has 0 aliphatic heterocycles. The van der Waals surface area contributed by atoms with Crippen molar-refractivity contribution in [1.82, 2.24) is 0 Å². The first-order chi connectivity index (χ1) is 5.18. The Labute approximate surface area is 62.0 Å². The van der Waals surface area contributed by atoms with Gasteiger partial charge in [-0.3, -0.25) is 0 Å². The van der Waals surface area contributed by atoms with Crippen LogP contribution in [0.25, 0.3) is 6.08 Å². The standard InChI is InChI=1S/C8H5F3/c9-7-3-1-2-6(4-7)5-8(10)11/h1-5H. The Bertz CT molecular complexity index is 274. The van der Waals surface area contributed by atoms with Gasteiger partial charge in [-0.15, -0.1) is 0 Å². The smallest absolute Gasteiger partial charge is 0.207 e. The zero-order valence-corrected chi connectivity index (χ0v) is 5.52. The van der Waals surface area contributed by atoms with Crippen LogP contribution in [0.2, 0.25) is 0 Å². The molecule has 11 heavy (non-hydrogen) atoms. The molecule has 0 aliphatic carbocycles. The lowest BCUT2D eigenvalue weighted by atomic mass is 10.2. The first kappa shape index (κ1) is 7.85. The van der Waals surface area contributed by atoms with E-state index in [1.807, 2.05) is 0 Å². The van der Waals surface area contributed by atoms with E-state index in [1.165, 1.54) is 18.2 Å². The highest BCUT2D eigenvalue weighted by Gasteiger charge is 1.93. The fraction of sp³-hybridized carbons (Fsp3) is 0. The van der Waals surface area contributed by atoms with Gasteiger partial charge in [0.2, 0.25) is 0 Å². The minimum absolute atomic E-state index is 0.171. The SMILES string of the molecule is FC(F)=Cc1cccc(F)c1. The molecule has 1 rings (SSSR count). The van der Waals surface area contributed by atoms with Crippen molar-refractivity contribution >= 4 is 6.08 Å². The number of rotatable bonds is 1. The maximum absolute atomic E-state index is 12.3. The molecule has 0 radical (unpaired) electrons. The lowest BCUT2D eigenvalue weighted by molar-refractivity contribution is 0.429. The van der Waals surface area contributed by atoms with Crippen molar-refractivity contribution < 1.29 is 13.2 Å². The van der Waals surface area contributed by atoms with Crippen LogP contribution in [-0.2, 0) is 0 Å². The second kappa shape index (κ2) is 3.23. The molecule has 0 saturated heterocycles. The predicted molar refractivity (Wildman–Crippen MR) is 36.6 cm³/mol. The fourth-order valence-electron chi connectivity index (χ4n) is 0.722. The number of benzene rings is 1. The number of halogens is 3. The van der Waals surface area contributed by atoms with Gasteiger partial charge in [0.1, 0.15) is 5.82 Å². The molecule has 0 N–H and O–H groups in total. The largest absolute Gasteiger partial charge is 0.270 e. The molecular formula is C8H5F3. The van der Waals surface area contributed by atoms with Gasteiger partial charge in [-0.1, -0.05) is 12.1 Å². The normalized spacial score (nSPS) is 9.36. The van der Waals surface area contributed by atoms with Crippen LogP contribution in [0, 0.1) is 5.82 Å². The van der Waals surface area contributed by atoms with E-state index in [1.54, 1.807) is 0 Å². The van der Waals surface area contributed by atoms with E-state index in [-0.39, 0.29) is 5.56 Å². The van der Waals surface area contributed by atoms with E-state index < -0.39 is 11.9 Å². The van der Waals surface area contributed by atoms with Gasteiger partial charge in [0, 0.05) is 6.08 Å². The highest BCUT2D eigenvalue weighted by atomic mass is 19.3. The van der Waals surface area contributed by atoms with E-state index in [0.29, 0.717) is 6.08 Å². The van der Waals surface area contributed by atoms with Crippen LogP contribution in [0.1, 0.15) is 5.56 Å². The highest BCUT2D eigenvalue weighted by Crippen LogP contribution is 2.09. The minimum atomic E-state index is -1.82. The van der Waals surface area contributed by atoms with E-state index in [0.717, 1.165) is 6.07 Å². The van der Waals surface area contributed by atoms with E-state index in [2.05, 4.69) is 0 Å². The molecule has 0 amide bonds. The Morgan fingerprint density at radius 3 is 2.55 bits per heavy atom. The molecule has 1 aromatic rings. The maximum Gasteiger partial charge on any atom is 0.270 e. The van der Waals surface area contributed by atoms with Crippen LogP contribution in [-0.4, -0.2) is 0 Å². The summed E-state index contributed by atoms with van der Waals surface area (Å²) in [7, 11) is 0. The summed E-state index contributed by atoms with van der Waals surface area (Å²) in [6.45, 7) is 0. The van der Waals surface area contributed by atoms with Crippen LogP contribution in [0.4, 0.5) is 13.2 Å². The summed E-state index contributed by atoms with van der Waals surface area (Å²) in [6, 6.07) is 5.03. The summed E-state index contributed by atoms with van der Waals surface area (Å²) in [6.07, 6.45) is -1.21. The van der Waals surface area contributed by atoms with Crippen LogP contribution in [0.15, 0.2) is 30.3 Å². The summed E-state index contributed by atoms with van der Waals surface area (Å²) < 4.78 is 35.5. The Morgan fingerprint density at radius 2 is 2.00 bits per heavy atom. The second-order valence-corrected chi connectivity index (χ2v) is 1.99. The first-order valence-corrected chi connectivity index (χ1v) is 2.97. The zero-order valence-electron chi connectivity index (χ0n) is 5.52. The van der Waals surface area contributed by atoms with Gasteiger partial charge in [-0.05, 0) is 17.7 Å². The molecule has 0 aliphatic rings.